The maximum atomic E-state index is 12.8. The van der Waals surface area contributed by atoms with Gasteiger partial charge in [0.2, 0.25) is 0 Å². The number of hydrogen-bond donors (Lipinski definition) is 1. The van der Waals surface area contributed by atoms with Crippen LogP contribution in [-0.4, -0.2) is 25.5 Å². The predicted molar refractivity (Wildman–Crippen MR) is 103 cm³/mol. The van der Waals surface area contributed by atoms with Crippen molar-refractivity contribution in [2.45, 2.75) is 41.2 Å². The van der Waals surface area contributed by atoms with E-state index in [1.807, 2.05) is 45.5 Å². The zero-order chi connectivity index (χ0) is 19.0. The van der Waals surface area contributed by atoms with Crippen molar-refractivity contribution < 1.29 is 4.79 Å². The molecule has 1 amide bonds. The normalized spacial score (nSPS) is 11.0. The first kappa shape index (κ1) is 17.9. The summed E-state index contributed by atoms with van der Waals surface area (Å²) in [6, 6.07) is 8.36. The Kier molecular flexibility index (Phi) is 4.68. The molecule has 0 unspecified atom stereocenters. The number of benzene rings is 1. The number of hydrogen-bond acceptors (Lipinski definition) is 3. The molecule has 0 aliphatic rings. The lowest BCUT2D eigenvalue weighted by molar-refractivity contribution is 0.102. The van der Waals surface area contributed by atoms with Crippen LogP contribution in [-0.2, 0) is 13.6 Å². The summed E-state index contributed by atoms with van der Waals surface area (Å²) < 4.78 is 3.66. The van der Waals surface area contributed by atoms with Crippen molar-refractivity contribution in [3.05, 3.63) is 63.7 Å². The minimum atomic E-state index is -0.144. The minimum absolute atomic E-state index is 0.144. The van der Waals surface area contributed by atoms with E-state index in [4.69, 9.17) is 0 Å². The molecule has 26 heavy (non-hydrogen) atoms. The van der Waals surface area contributed by atoms with E-state index in [1.54, 1.807) is 4.68 Å². The van der Waals surface area contributed by atoms with Gasteiger partial charge in [-0.3, -0.25) is 14.2 Å². The van der Waals surface area contributed by atoms with Crippen LogP contribution in [0, 0.1) is 34.6 Å². The third-order valence-electron chi connectivity index (χ3n) is 4.77. The summed E-state index contributed by atoms with van der Waals surface area (Å²) in [7, 11) is 1.84. The van der Waals surface area contributed by atoms with Gasteiger partial charge < -0.3 is 5.32 Å². The molecular weight excluding hydrogens is 326 g/mol. The molecule has 0 atom stereocenters. The van der Waals surface area contributed by atoms with E-state index in [0.717, 1.165) is 28.5 Å². The Balaban J connectivity index is 1.87. The number of aryl methyl sites for hydroxylation is 4. The van der Waals surface area contributed by atoms with Crippen LogP contribution in [0.25, 0.3) is 0 Å². The lowest BCUT2D eigenvalue weighted by Crippen LogP contribution is -2.15. The van der Waals surface area contributed by atoms with E-state index >= 15 is 0 Å². The van der Waals surface area contributed by atoms with Gasteiger partial charge >= 0.3 is 0 Å². The van der Waals surface area contributed by atoms with E-state index in [2.05, 4.69) is 40.6 Å². The van der Waals surface area contributed by atoms with Gasteiger partial charge in [0, 0.05) is 12.7 Å². The van der Waals surface area contributed by atoms with Crippen LogP contribution in [0.15, 0.2) is 24.3 Å². The Morgan fingerprint density at radius 3 is 2.38 bits per heavy atom. The Morgan fingerprint density at radius 2 is 1.77 bits per heavy atom. The largest absolute Gasteiger partial charge is 0.319 e. The van der Waals surface area contributed by atoms with E-state index < -0.39 is 0 Å². The Bertz CT molecular complexity index is 980. The molecule has 0 spiro atoms. The third-order valence-corrected chi connectivity index (χ3v) is 4.77. The summed E-state index contributed by atoms with van der Waals surface area (Å²) >= 11 is 0. The molecule has 0 aliphatic heterocycles. The predicted octanol–water partition coefficient (Wildman–Crippen LogP) is 3.46. The van der Waals surface area contributed by atoms with Gasteiger partial charge in [-0.05, 0) is 40.2 Å². The summed E-state index contributed by atoms with van der Waals surface area (Å²) in [5.74, 6) is -0.144. The van der Waals surface area contributed by atoms with E-state index in [0.29, 0.717) is 12.1 Å². The van der Waals surface area contributed by atoms with Crippen molar-refractivity contribution in [3.63, 3.8) is 0 Å². The van der Waals surface area contributed by atoms with Crippen LogP contribution in [0.1, 0.15) is 44.3 Å². The molecule has 6 nitrogen and oxygen atoms in total. The SMILES string of the molecule is Cc1cccc(Cn2nc(C)c(NC(=O)c3c(C)nn(C)c3C)c2C)c1. The van der Waals surface area contributed by atoms with Gasteiger partial charge in [-0.2, -0.15) is 10.2 Å². The molecule has 0 saturated carbocycles. The molecule has 3 aromatic rings. The van der Waals surface area contributed by atoms with Gasteiger partial charge in [0.15, 0.2) is 0 Å². The summed E-state index contributed by atoms with van der Waals surface area (Å²) in [5, 5.41) is 12.0. The van der Waals surface area contributed by atoms with Crippen molar-refractivity contribution >= 4 is 11.6 Å². The highest BCUT2D eigenvalue weighted by molar-refractivity contribution is 6.06. The first-order chi connectivity index (χ1) is 12.3. The highest BCUT2D eigenvalue weighted by atomic mass is 16.1. The first-order valence-electron chi connectivity index (χ1n) is 8.69. The highest BCUT2D eigenvalue weighted by Crippen LogP contribution is 2.23. The number of aromatic nitrogens is 4. The molecule has 0 aliphatic carbocycles. The first-order valence-corrected chi connectivity index (χ1v) is 8.69. The highest BCUT2D eigenvalue weighted by Gasteiger charge is 2.20. The zero-order valence-electron chi connectivity index (χ0n) is 16.2. The van der Waals surface area contributed by atoms with Crippen molar-refractivity contribution in [2.24, 2.45) is 7.05 Å². The fourth-order valence-corrected chi connectivity index (χ4v) is 3.29. The second-order valence-electron chi connectivity index (χ2n) is 6.82. The molecule has 3 rings (SSSR count). The summed E-state index contributed by atoms with van der Waals surface area (Å²) in [6.07, 6.45) is 0. The van der Waals surface area contributed by atoms with Crippen LogP contribution in [0.5, 0.6) is 0 Å². The molecule has 0 fully saturated rings. The van der Waals surface area contributed by atoms with Crippen LogP contribution in [0.2, 0.25) is 0 Å². The Morgan fingerprint density at radius 1 is 1.04 bits per heavy atom. The monoisotopic (exact) mass is 351 g/mol. The molecule has 1 aromatic carbocycles. The number of anilines is 1. The number of rotatable bonds is 4. The fourth-order valence-electron chi connectivity index (χ4n) is 3.29. The third kappa shape index (κ3) is 3.27. The molecule has 0 bridgehead atoms. The average Bonchev–Trinajstić information content (AvgIpc) is 2.97. The van der Waals surface area contributed by atoms with E-state index in [1.165, 1.54) is 11.1 Å². The molecule has 0 saturated heterocycles. The topological polar surface area (TPSA) is 64.7 Å². The van der Waals surface area contributed by atoms with Crippen LogP contribution in [0.3, 0.4) is 0 Å². The van der Waals surface area contributed by atoms with Gasteiger partial charge in [0.05, 0.1) is 34.9 Å². The molecular formula is C20H25N5O. The minimum Gasteiger partial charge on any atom is -0.319 e. The number of nitrogens with zero attached hydrogens (tertiary/aromatic N) is 4. The van der Waals surface area contributed by atoms with Gasteiger partial charge in [-0.15, -0.1) is 0 Å². The number of carbonyl (C=O) groups is 1. The lowest BCUT2D eigenvalue weighted by Gasteiger charge is -2.08. The Hall–Kier alpha value is -2.89. The fraction of sp³-hybridized carbons (Fsp3) is 0.350. The van der Waals surface area contributed by atoms with Crippen LogP contribution >= 0.6 is 0 Å². The Labute approximate surface area is 153 Å². The summed E-state index contributed by atoms with van der Waals surface area (Å²) in [4.78, 5) is 12.8. The summed E-state index contributed by atoms with van der Waals surface area (Å²) in [6.45, 7) is 10.4. The zero-order valence-corrected chi connectivity index (χ0v) is 16.2. The maximum Gasteiger partial charge on any atom is 0.259 e. The maximum absolute atomic E-state index is 12.8. The van der Waals surface area contributed by atoms with Crippen molar-refractivity contribution in [2.75, 3.05) is 5.32 Å². The number of nitrogens with one attached hydrogen (secondary N) is 1. The molecule has 136 valence electrons. The van der Waals surface area contributed by atoms with Crippen molar-refractivity contribution in [1.82, 2.24) is 19.6 Å². The standard InChI is InChI=1S/C20H25N5O/c1-12-8-7-9-17(10-12)11-25-16(5)19(14(3)23-25)21-20(26)18-13(2)22-24(6)15(18)4/h7-10H,11H2,1-6H3,(H,21,26). The molecule has 2 aromatic heterocycles. The van der Waals surface area contributed by atoms with Gasteiger partial charge in [0.1, 0.15) is 0 Å². The molecule has 6 heteroatoms. The van der Waals surface area contributed by atoms with Crippen molar-refractivity contribution in [1.29, 1.82) is 0 Å². The van der Waals surface area contributed by atoms with E-state index in [9.17, 15) is 4.79 Å². The van der Waals surface area contributed by atoms with E-state index in [-0.39, 0.29) is 5.91 Å². The average molecular weight is 351 g/mol. The van der Waals surface area contributed by atoms with Crippen LogP contribution in [0.4, 0.5) is 5.69 Å². The van der Waals surface area contributed by atoms with Gasteiger partial charge in [0.25, 0.3) is 5.91 Å². The second-order valence-corrected chi connectivity index (χ2v) is 6.82. The number of carbonyl (C=O) groups excluding carboxylic acids is 1. The lowest BCUT2D eigenvalue weighted by atomic mass is 10.1. The van der Waals surface area contributed by atoms with Crippen LogP contribution < -0.4 is 5.32 Å². The second kappa shape index (κ2) is 6.78. The summed E-state index contributed by atoms with van der Waals surface area (Å²) in [5.41, 5.74) is 7.13. The number of amides is 1. The quantitative estimate of drug-likeness (QED) is 0.783. The molecule has 1 N–H and O–H groups in total. The van der Waals surface area contributed by atoms with Gasteiger partial charge in [-0.25, -0.2) is 0 Å². The molecule has 0 radical (unpaired) electrons. The van der Waals surface area contributed by atoms with Crippen molar-refractivity contribution in [3.8, 4) is 0 Å². The molecule has 2 heterocycles. The smallest absolute Gasteiger partial charge is 0.259 e. The van der Waals surface area contributed by atoms with Gasteiger partial charge in [-0.1, -0.05) is 29.8 Å².